The Bertz CT molecular complexity index is 502. The predicted molar refractivity (Wildman–Crippen MR) is 86.6 cm³/mol. The third-order valence-electron chi connectivity index (χ3n) is 4.36. The van der Waals surface area contributed by atoms with E-state index >= 15 is 0 Å². The maximum absolute atomic E-state index is 11.6. The second kappa shape index (κ2) is 8.57. The van der Waals surface area contributed by atoms with Gasteiger partial charge < -0.3 is 9.47 Å². The third-order valence-corrected chi connectivity index (χ3v) is 4.36. The van der Waals surface area contributed by atoms with Crippen LogP contribution >= 0.6 is 0 Å². The van der Waals surface area contributed by atoms with Crippen molar-refractivity contribution in [2.75, 3.05) is 14.2 Å². The Morgan fingerprint density at radius 1 is 1.27 bits per heavy atom. The van der Waals surface area contributed by atoms with Crippen molar-refractivity contribution in [1.82, 2.24) is 4.98 Å². The van der Waals surface area contributed by atoms with Crippen molar-refractivity contribution in [2.45, 2.75) is 44.9 Å². The Morgan fingerprint density at radius 2 is 2.05 bits per heavy atom. The molecule has 0 N–H and O–H groups in total. The van der Waals surface area contributed by atoms with E-state index in [1.165, 1.54) is 39.2 Å². The first kappa shape index (κ1) is 16.5. The molecule has 1 fully saturated rings. The van der Waals surface area contributed by atoms with E-state index in [0.717, 1.165) is 29.9 Å². The summed E-state index contributed by atoms with van der Waals surface area (Å²) in [6.45, 7) is 0. The molecule has 0 spiro atoms. The molecular formula is C18H25NO3. The van der Waals surface area contributed by atoms with Gasteiger partial charge in [-0.3, -0.25) is 0 Å². The van der Waals surface area contributed by atoms with Gasteiger partial charge in [0.1, 0.15) is 0 Å². The van der Waals surface area contributed by atoms with Gasteiger partial charge in [-0.2, -0.15) is 0 Å². The average molecular weight is 303 g/mol. The summed E-state index contributed by atoms with van der Waals surface area (Å²) in [6, 6.07) is 3.77. The van der Waals surface area contributed by atoms with Crippen LogP contribution in [-0.2, 0) is 9.53 Å². The van der Waals surface area contributed by atoms with Gasteiger partial charge in [0, 0.05) is 18.3 Å². The number of hydrogen-bond acceptors (Lipinski definition) is 4. The van der Waals surface area contributed by atoms with Crippen LogP contribution in [0.3, 0.4) is 0 Å². The number of nitrogens with zero attached hydrogens (tertiary/aromatic N) is 1. The Kier molecular flexibility index (Phi) is 6.44. The summed E-state index contributed by atoms with van der Waals surface area (Å²) < 4.78 is 9.86. The van der Waals surface area contributed by atoms with E-state index in [4.69, 9.17) is 9.47 Å². The van der Waals surface area contributed by atoms with Crippen LogP contribution in [0.5, 0.6) is 5.88 Å². The number of rotatable bonds is 6. The lowest BCUT2D eigenvalue weighted by molar-refractivity contribution is -0.134. The number of esters is 1. The topological polar surface area (TPSA) is 48.4 Å². The SMILES string of the molecule is COC(=O)/C=C(/CCC1CCCCC1)c1ccc(OC)nc1. The molecule has 1 aliphatic rings. The van der Waals surface area contributed by atoms with Gasteiger partial charge in [-0.05, 0) is 36.0 Å². The van der Waals surface area contributed by atoms with Gasteiger partial charge in [0.25, 0.3) is 0 Å². The summed E-state index contributed by atoms with van der Waals surface area (Å²) in [5.74, 6) is 1.05. The third kappa shape index (κ3) is 4.86. The Morgan fingerprint density at radius 3 is 2.64 bits per heavy atom. The van der Waals surface area contributed by atoms with Crippen LogP contribution in [-0.4, -0.2) is 25.2 Å². The van der Waals surface area contributed by atoms with E-state index in [-0.39, 0.29) is 5.97 Å². The van der Waals surface area contributed by atoms with Crippen LogP contribution in [0.15, 0.2) is 24.4 Å². The highest BCUT2D eigenvalue weighted by Gasteiger charge is 2.15. The molecule has 1 aliphatic carbocycles. The van der Waals surface area contributed by atoms with E-state index in [0.29, 0.717) is 5.88 Å². The van der Waals surface area contributed by atoms with Crippen molar-refractivity contribution in [3.8, 4) is 5.88 Å². The van der Waals surface area contributed by atoms with E-state index < -0.39 is 0 Å². The summed E-state index contributed by atoms with van der Waals surface area (Å²) in [5.41, 5.74) is 1.95. The molecule has 0 amide bonds. The predicted octanol–water partition coefficient (Wildman–Crippen LogP) is 4.01. The van der Waals surface area contributed by atoms with Gasteiger partial charge in [0.2, 0.25) is 5.88 Å². The quantitative estimate of drug-likeness (QED) is 0.588. The second-order valence-electron chi connectivity index (χ2n) is 5.82. The largest absolute Gasteiger partial charge is 0.481 e. The second-order valence-corrected chi connectivity index (χ2v) is 5.82. The van der Waals surface area contributed by atoms with Crippen molar-refractivity contribution in [2.24, 2.45) is 5.92 Å². The molecule has 22 heavy (non-hydrogen) atoms. The maximum Gasteiger partial charge on any atom is 0.330 e. The van der Waals surface area contributed by atoms with E-state index in [1.807, 2.05) is 12.1 Å². The maximum atomic E-state index is 11.6. The number of pyridine rings is 1. The van der Waals surface area contributed by atoms with Crippen LogP contribution in [0.25, 0.3) is 5.57 Å². The van der Waals surface area contributed by atoms with Gasteiger partial charge in [-0.15, -0.1) is 0 Å². The summed E-state index contributed by atoms with van der Waals surface area (Å²) in [7, 11) is 3.00. The standard InChI is InChI=1S/C18H25NO3/c1-21-17-11-10-16(13-19-17)15(12-18(20)22-2)9-8-14-6-4-3-5-7-14/h10-14H,3-9H2,1-2H3/b15-12-. The van der Waals surface area contributed by atoms with Crippen LogP contribution in [0.4, 0.5) is 0 Å². The highest BCUT2D eigenvalue weighted by molar-refractivity contribution is 5.91. The minimum absolute atomic E-state index is 0.311. The molecule has 4 heteroatoms. The first-order valence-corrected chi connectivity index (χ1v) is 8.02. The fraction of sp³-hybridized carbons (Fsp3) is 0.556. The molecule has 1 aromatic heterocycles. The zero-order valence-corrected chi connectivity index (χ0v) is 13.5. The molecule has 1 saturated carbocycles. The van der Waals surface area contributed by atoms with Gasteiger partial charge >= 0.3 is 5.97 Å². The summed E-state index contributed by atoms with van der Waals surface area (Å²) >= 11 is 0. The first-order valence-electron chi connectivity index (χ1n) is 8.02. The molecule has 0 atom stereocenters. The normalized spacial score (nSPS) is 16.4. The monoisotopic (exact) mass is 303 g/mol. The molecule has 0 radical (unpaired) electrons. The summed E-state index contributed by atoms with van der Waals surface area (Å²) in [6.07, 6.45) is 12.0. The highest BCUT2D eigenvalue weighted by atomic mass is 16.5. The number of hydrogen-bond donors (Lipinski definition) is 0. The fourth-order valence-electron chi connectivity index (χ4n) is 3.03. The number of methoxy groups -OCH3 is 2. The molecular weight excluding hydrogens is 278 g/mol. The Labute approximate surface area is 132 Å². The number of carbonyl (C=O) groups is 1. The summed E-state index contributed by atoms with van der Waals surface area (Å²) in [5, 5.41) is 0. The van der Waals surface area contributed by atoms with Crippen molar-refractivity contribution < 1.29 is 14.3 Å². The van der Waals surface area contributed by atoms with Crippen LogP contribution in [0.1, 0.15) is 50.5 Å². The lowest BCUT2D eigenvalue weighted by Crippen LogP contribution is -2.07. The van der Waals surface area contributed by atoms with E-state index in [1.54, 1.807) is 19.4 Å². The molecule has 0 aromatic carbocycles. The van der Waals surface area contributed by atoms with Gasteiger partial charge in [-0.25, -0.2) is 9.78 Å². The van der Waals surface area contributed by atoms with Gasteiger partial charge in [0.05, 0.1) is 14.2 Å². The summed E-state index contributed by atoms with van der Waals surface area (Å²) in [4.78, 5) is 15.9. The molecule has 0 bridgehead atoms. The lowest BCUT2D eigenvalue weighted by Gasteiger charge is -2.22. The van der Waals surface area contributed by atoms with E-state index in [2.05, 4.69) is 4.98 Å². The zero-order chi connectivity index (χ0) is 15.8. The van der Waals surface area contributed by atoms with E-state index in [9.17, 15) is 4.79 Å². The van der Waals surface area contributed by atoms with Crippen LogP contribution in [0, 0.1) is 5.92 Å². The van der Waals surface area contributed by atoms with Crippen LogP contribution < -0.4 is 4.74 Å². The molecule has 0 aliphatic heterocycles. The molecule has 0 saturated heterocycles. The molecule has 1 heterocycles. The lowest BCUT2D eigenvalue weighted by atomic mass is 9.84. The number of aromatic nitrogens is 1. The smallest absolute Gasteiger partial charge is 0.330 e. The minimum Gasteiger partial charge on any atom is -0.481 e. The number of carbonyl (C=O) groups excluding carboxylic acids is 1. The Hall–Kier alpha value is -1.84. The number of ether oxygens (including phenoxy) is 2. The molecule has 2 rings (SSSR count). The van der Waals surface area contributed by atoms with Crippen molar-refractivity contribution in [1.29, 1.82) is 0 Å². The molecule has 4 nitrogen and oxygen atoms in total. The van der Waals surface area contributed by atoms with Crippen molar-refractivity contribution in [3.05, 3.63) is 30.0 Å². The molecule has 0 unspecified atom stereocenters. The van der Waals surface area contributed by atoms with Crippen molar-refractivity contribution in [3.63, 3.8) is 0 Å². The van der Waals surface area contributed by atoms with Crippen LogP contribution in [0.2, 0.25) is 0 Å². The van der Waals surface area contributed by atoms with Crippen molar-refractivity contribution >= 4 is 11.5 Å². The molecule has 120 valence electrons. The Balaban J connectivity index is 2.07. The van der Waals surface area contributed by atoms with Gasteiger partial charge in [0.15, 0.2) is 0 Å². The number of allylic oxidation sites excluding steroid dienone is 1. The fourth-order valence-corrected chi connectivity index (χ4v) is 3.03. The van der Waals surface area contributed by atoms with Gasteiger partial charge in [-0.1, -0.05) is 32.1 Å². The average Bonchev–Trinajstić information content (AvgIpc) is 2.59. The highest BCUT2D eigenvalue weighted by Crippen LogP contribution is 2.31. The zero-order valence-electron chi connectivity index (χ0n) is 13.5. The minimum atomic E-state index is -0.311. The first-order chi connectivity index (χ1) is 10.7. The molecule has 1 aromatic rings.